The van der Waals surface area contributed by atoms with Crippen molar-refractivity contribution in [2.75, 3.05) is 26.4 Å². The average molecular weight is 274 g/mol. The zero-order valence-electron chi connectivity index (χ0n) is 8.62. The summed E-state index contributed by atoms with van der Waals surface area (Å²) in [6.07, 6.45) is 0.901. The van der Waals surface area contributed by atoms with E-state index in [0.29, 0.717) is 26.4 Å². The lowest BCUT2D eigenvalue weighted by Crippen LogP contribution is -2.10. The first-order chi connectivity index (χ1) is 7.33. The molecule has 0 aliphatic carbocycles. The summed E-state index contributed by atoms with van der Waals surface area (Å²) < 4.78 is 11.8. The van der Waals surface area contributed by atoms with Crippen LogP contribution in [-0.2, 0) is 4.74 Å². The minimum absolute atomic E-state index is 0.576. The van der Waals surface area contributed by atoms with Crippen molar-refractivity contribution in [2.45, 2.75) is 6.42 Å². The van der Waals surface area contributed by atoms with Crippen molar-refractivity contribution in [1.29, 1.82) is 0 Å². The normalized spacial score (nSPS) is 10.3. The third-order valence-electron chi connectivity index (χ3n) is 1.80. The van der Waals surface area contributed by atoms with Crippen LogP contribution in [0.15, 0.2) is 28.7 Å². The van der Waals surface area contributed by atoms with Crippen LogP contribution >= 0.6 is 15.9 Å². The lowest BCUT2D eigenvalue weighted by molar-refractivity contribution is 0.0994. The Morgan fingerprint density at radius 3 is 2.47 bits per heavy atom. The smallest absolute Gasteiger partial charge is 0.119 e. The highest BCUT2D eigenvalue weighted by molar-refractivity contribution is 9.10. The van der Waals surface area contributed by atoms with Crippen LogP contribution in [0.5, 0.6) is 5.75 Å². The molecule has 0 radical (unpaired) electrons. The van der Waals surface area contributed by atoms with Gasteiger partial charge in [-0.3, -0.25) is 0 Å². The minimum atomic E-state index is 0.576. The summed E-state index contributed by atoms with van der Waals surface area (Å²) in [6.45, 7) is 2.57. The summed E-state index contributed by atoms with van der Waals surface area (Å²) >= 11 is 3.36. The Hall–Kier alpha value is -0.580. The van der Waals surface area contributed by atoms with Crippen molar-refractivity contribution < 1.29 is 9.47 Å². The predicted octanol–water partition coefficient (Wildman–Crippen LogP) is 2.19. The first kappa shape index (κ1) is 12.5. The molecule has 1 rings (SSSR count). The van der Waals surface area contributed by atoms with Gasteiger partial charge in [0.25, 0.3) is 0 Å². The van der Waals surface area contributed by atoms with Gasteiger partial charge in [-0.15, -0.1) is 0 Å². The van der Waals surface area contributed by atoms with E-state index in [0.717, 1.165) is 16.6 Å². The SMILES string of the molecule is NCCCOCCOc1ccc(Br)cc1. The molecule has 2 N–H and O–H groups in total. The Kier molecular flexibility index (Phi) is 6.39. The molecule has 4 heteroatoms. The average Bonchev–Trinajstić information content (AvgIpc) is 2.26. The third-order valence-corrected chi connectivity index (χ3v) is 2.33. The second kappa shape index (κ2) is 7.68. The molecule has 3 nitrogen and oxygen atoms in total. The highest BCUT2D eigenvalue weighted by atomic mass is 79.9. The maximum atomic E-state index is 5.46. The number of hydrogen-bond donors (Lipinski definition) is 1. The van der Waals surface area contributed by atoms with E-state index in [1.165, 1.54) is 0 Å². The van der Waals surface area contributed by atoms with Crippen molar-refractivity contribution in [3.8, 4) is 5.75 Å². The van der Waals surface area contributed by atoms with E-state index < -0.39 is 0 Å². The molecule has 15 heavy (non-hydrogen) atoms. The van der Waals surface area contributed by atoms with Crippen molar-refractivity contribution in [3.05, 3.63) is 28.7 Å². The molecule has 0 spiro atoms. The molecule has 0 aromatic heterocycles. The topological polar surface area (TPSA) is 44.5 Å². The molecule has 1 aromatic rings. The van der Waals surface area contributed by atoms with Gasteiger partial charge in [-0.05, 0) is 37.2 Å². The first-order valence-electron chi connectivity index (χ1n) is 4.99. The second-order valence-electron chi connectivity index (χ2n) is 3.06. The Morgan fingerprint density at radius 2 is 1.80 bits per heavy atom. The molecule has 0 bridgehead atoms. The van der Waals surface area contributed by atoms with E-state index in [2.05, 4.69) is 15.9 Å². The number of ether oxygens (including phenoxy) is 2. The summed E-state index contributed by atoms with van der Waals surface area (Å²) in [7, 11) is 0. The van der Waals surface area contributed by atoms with Crippen LogP contribution in [-0.4, -0.2) is 26.4 Å². The molecule has 1 aromatic carbocycles. The van der Waals surface area contributed by atoms with Gasteiger partial charge in [0.2, 0.25) is 0 Å². The minimum Gasteiger partial charge on any atom is -0.491 e. The zero-order valence-corrected chi connectivity index (χ0v) is 10.2. The Labute approximate surface area is 98.7 Å². The maximum Gasteiger partial charge on any atom is 0.119 e. The van der Waals surface area contributed by atoms with Crippen LogP contribution in [0.4, 0.5) is 0 Å². The summed E-state index contributed by atoms with van der Waals surface area (Å²) in [5.74, 6) is 0.862. The van der Waals surface area contributed by atoms with Crippen LogP contribution in [0, 0.1) is 0 Å². The maximum absolute atomic E-state index is 5.46. The molecular formula is C11H16BrNO2. The molecule has 0 saturated heterocycles. The fourth-order valence-corrected chi connectivity index (χ4v) is 1.30. The predicted molar refractivity (Wildman–Crippen MR) is 64.1 cm³/mol. The van der Waals surface area contributed by atoms with Crippen molar-refractivity contribution in [1.82, 2.24) is 0 Å². The lowest BCUT2D eigenvalue weighted by atomic mass is 10.3. The largest absolute Gasteiger partial charge is 0.491 e. The van der Waals surface area contributed by atoms with Gasteiger partial charge >= 0.3 is 0 Å². The summed E-state index contributed by atoms with van der Waals surface area (Å²) in [4.78, 5) is 0. The van der Waals surface area contributed by atoms with Gasteiger partial charge < -0.3 is 15.2 Å². The van der Waals surface area contributed by atoms with E-state index in [9.17, 15) is 0 Å². The number of rotatable bonds is 7. The summed E-state index contributed by atoms with van der Waals surface area (Å²) in [5.41, 5.74) is 5.33. The van der Waals surface area contributed by atoms with Crippen molar-refractivity contribution >= 4 is 15.9 Å². The molecule has 0 amide bonds. The van der Waals surface area contributed by atoms with Crippen LogP contribution in [0.3, 0.4) is 0 Å². The molecule has 0 atom stereocenters. The van der Waals surface area contributed by atoms with E-state index >= 15 is 0 Å². The van der Waals surface area contributed by atoms with Gasteiger partial charge in [0.15, 0.2) is 0 Å². The Balaban J connectivity index is 2.07. The van der Waals surface area contributed by atoms with E-state index in [1.807, 2.05) is 24.3 Å². The van der Waals surface area contributed by atoms with Gasteiger partial charge in [0.05, 0.1) is 6.61 Å². The fraction of sp³-hybridized carbons (Fsp3) is 0.455. The van der Waals surface area contributed by atoms with E-state index in [-0.39, 0.29) is 0 Å². The Morgan fingerprint density at radius 1 is 1.07 bits per heavy atom. The van der Waals surface area contributed by atoms with Gasteiger partial charge in [0, 0.05) is 11.1 Å². The first-order valence-corrected chi connectivity index (χ1v) is 5.78. The molecule has 0 aliphatic rings. The number of benzene rings is 1. The standard InChI is InChI=1S/C11H16BrNO2/c12-10-2-4-11(5-3-10)15-9-8-14-7-1-6-13/h2-5H,1,6-9,13H2. The summed E-state index contributed by atoms with van der Waals surface area (Å²) in [5, 5.41) is 0. The Bertz CT molecular complexity index is 264. The lowest BCUT2D eigenvalue weighted by Gasteiger charge is -2.06. The molecular weight excluding hydrogens is 258 g/mol. The number of halogens is 1. The van der Waals surface area contributed by atoms with Gasteiger partial charge in [-0.2, -0.15) is 0 Å². The van der Waals surface area contributed by atoms with Gasteiger partial charge in [-0.25, -0.2) is 0 Å². The fourth-order valence-electron chi connectivity index (χ4n) is 1.04. The van der Waals surface area contributed by atoms with Crippen molar-refractivity contribution in [2.24, 2.45) is 5.73 Å². The quantitative estimate of drug-likeness (QED) is 0.775. The van der Waals surface area contributed by atoms with Gasteiger partial charge in [-0.1, -0.05) is 15.9 Å². The summed E-state index contributed by atoms with van der Waals surface area (Å²) in [6, 6.07) is 7.74. The van der Waals surface area contributed by atoms with Gasteiger partial charge in [0.1, 0.15) is 12.4 Å². The molecule has 0 aliphatic heterocycles. The zero-order chi connectivity index (χ0) is 10.9. The monoisotopic (exact) mass is 273 g/mol. The van der Waals surface area contributed by atoms with Crippen LogP contribution in [0.25, 0.3) is 0 Å². The van der Waals surface area contributed by atoms with Crippen LogP contribution < -0.4 is 10.5 Å². The molecule has 0 saturated carbocycles. The van der Waals surface area contributed by atoms with E-state index in [1.54, 1.807) is 0 Å². The van der Waals surface area contributed by atoms with E-state index in [4.69, 9.17) is 15.2 Å². The number of nitrogens with two attached hydrogens (primary N) is 1. The van der Waals surface area contributed by atoms with Crippen molar-refractivity contribution in [3.63, 3.8) is 0 Å². The number of hydrogen-bond acceptors (Lipinski definition) is 3. The second-order valence-corrected chi connectivity index (χ2v) is 3.97. The molecule has 0 heterocycles. The molecule has 0 unspecified atom stereocenters. The highest BCUT2D eigenvalue weighted by Crippen LogP contribution is 2.15. The third kappa shape index (κ3) is 5.77. The molecule has 84 valence electrons. The molecule has 0 fully saturated rings. The highest BCUT2D eigenvalue weighted by Gasteiger charge is 1.93. The van der Waals surface area contributed by atoms with Crippen LogP contribution in [0.1, 0.15) is 6.42 Å². The van der Waals surface area contributed by atoms with Crippen LogP contribution in [0.2, 0.25) is 0 Å².